The molecule has 7 heteroatoms. The van der Waals surface area contributed by atoms with Crippen LogP contribution < -0.4 is 5.32 Å². The molecule has 2 aromatic carbocycles. The lowest BCUT2D eigenvalue weighted by Gasteiger charge is -2.25. The summed E-state index contributed by atoms with van der Waals surface area (Å²) in [5, 5.41) is 8.27. The van der Waals surface area contributed by atoms with Gasteiger partial charge in [-0.05, 0) is 31.5 Å². The van der Waals surface area contributed by atoms with E-state index in [4.69, 9.17) is 4.98 Å². The third-order valence-corrected chi connectivity index (χ3v) is 6.80. The van der Waals surface area contributed by atoms with E-state index >= 15 is 0 Å². The first-order chi connectivity index (χ1) is 15.6. The molecule has 0 atom stereocenters. The second-order valence-corrected chi connectivity index (χ2v) is 9.17. The van der Waals surface area contributed by atoms with Gasteiger partial charge >= 0.3 is 0 Å². The number of carbonyl (C=O) groups excluding carboxylic acids is 1. The van der Waals surface area contributed by atoms with E-state index in [-0.39, 0.29) is 5.91 Å². The predicted octanol–water partition coefficient (Wildman–Crippen LogP) is 4.76. The van der Waals surface area contributed by atoms with Crippen molar-refractivity contribution in [2.24, 2.45) is 0 Å². The number of carbonyl (C=O) groups is 1. The molecule has 32 heavy (non-hydrogen) atoms. The molecule has 0 spiro atoms. The number of nitrogens with one attached hydrogen (secondary N) is 1. The van der Waals surface area contributed by atoms with Gasteiger partial charge in [0.1, 0.15) is 0 Å². The first-order valence-corrected chi connectivity index (χ1v) is 11.6. The topological polar surface area (TPSA) is 63.1 Å². The summed E-state index contributed by atoms with van der Waals surface area (Å²) < 4.78 is 1.82. The number of para-hydroxylation sites is 1. The second kappa shape index (κ2) is 8.68. The summed E-state index contributed by atoms with van der Waals surface area (Å²) in [6.45, 7) is 6.56. The normalized spacial score (nSPS) is 13.7. The van der Waals surface area contributed by atoms with Gasteiger partial charge in [-0.15, -0.1) is 11.3 Å². The van der Waals surface area contributed by atoms with Gasteiger partial charge in [0.15, 0.2) is 5.13 Å². The van der Waals surface area contributed by atoms with E-state index in [1.807, 2.05) is 54.9 Å². The minimum atomic E-state index is -0.158. The maximum Gasteiger partial charge on any atom is 0.261 e. The van der Waals surface area contributed by atoms with Crippen molar-refractivity contribution >= 4 is 22.4 Å². The Morgan fingerprint density at radius 1 is 1.06 bits per heavy atom. The molecular weight excluding hydrogens is 418 g/mol. The number of hydrogen-bond acceptors (Lipinski definition) is 5. The van der Waals surface area contributed by atoms with Gasteiger partial charge in [0.2, 0.25) is 0 Å². The monoisotopic (exact) mass is 443 g/mol. The first kappa shape index (κ1) is 20.6. The van der Waals surface area contributed by atoms with Crippen molar-refractivity contribution < 1.29 is 4.79 Å². The Hall–Kier alpha value is -3.29. The summed E-state index contributed by atoms with van der Waals surface area (Å²) in [4.78, 5) is 21.5. The first-order valence-electron chi connectivity index (χ1n) is 10.8. The van der Waals surface area contributed by atoms with Crippen LogP contribution in [-0.2, 0) is 19.5 Å². The Bertz CT molecular complexity index is 1250. The molecule has 3 heterocycles. The lowest BCUT2D eigenvalue weighted by molar-refractivity contribution is 0.102. The summed E-state index contributed by atoms with van der Waals surface area (Å²) in [6, 6.07) is 20.4. The highest BCUT2D eigenvalue weighted by molar-refractivity contribution is 7.15. The SMILES string of the molecule is Cc1nn(-c2ccccc2)c(C)c1C(=O)Nc1nc2c(s1)CN(Cc1ccccc1)CC2. The zero-order valence-electron chi connectivity index (χ0n) is 18.2. The average Bonchev–Trinajstić information content (AvgIpc) is 3.33. The third-order valence-electron chi connectivity index (χ3n) is 5.80. The number of nitrogens with zero attached hydrogens (tertiary/aromatic N) is 4. The summed E-state index contributed by atoms with van der Waals surface area (Å²) in [5.74, 6) is -0.158. The molecule has 0 saturated heterocycles. The highest BCUT2D eigenvalue weighted by Crippen LogP contribution is 2.30. The van der Waals surface area contributed by atoms with Crippen LogP contribution in [0.4, 0.5) is 5.13 Å². The van der Waals surface area contributed by atoms with Crippen LogP contribution in [0.25, 0.3) is 5.69 Å². The molecule has 0 fully saturated rings. The summed E-state index contributed by atoms with van der Waals surface area (Å²) in [5.41, 5.74) is 5.49. The minimum Gasteiger partial charge on any atom is -0.298 e. The fourth-order valence-corrected chi connectivity index (χ4v) is 5.28. The number of aryl methyl sites for hydroxylation is 1. The van der Waals surface area contributed by atoms with E-state index in [1.165, 1.54) is 10.4 Å². The highest BCUT2D eigenvalue weighted by Gasteiger charge is 2.24. The number of hydrogen-bond donors (Lipinski definition) is 1. The van der Waals surface area contributed by atoms with Crippen LogP contribution in [0.5, 0.6) is 0 Å². The number of anilines is 1. The van der Waals surface area contributed by atoms with Gasteiger partial charge in [-0.2, -0.15) is 5.10 Å². The standard InChI is InChI=1S/C25H25N5OS/c1-17-23(18(2)30(28-17)20-11-7-4-8-12-20)24(31)27-25-26-21-13-14-29(16-22(21)32-25)15-19-9-5-3-6-10-19/h3-12H,13-16H2,1-2H3,(H,26,27,31). The fraction of sp³-hybridized carbons (Fsp3) is 0.240. The maximum absolute atomic E-state index is 13.1. The van der Waals surface area contributed by atoms with Gasteiger partial charge in [0, 0.05) is 30.9 Å². The van der Waals surface area contributed by atoms with E-state index in [0.717, 1.165) is 43.1 Å². The highest BCUT2D eigenvalue weighted by atomic mass is 32.1. The quantitative estimate of drug-likeness (QED) is 0.483. The number of rotatable bonds is 5. The molecule has 4 aromatic rings. The molecule has 0 bridgehead atoms. The zero-order chi connectivity index (χ0) is 22.1. The van der Waals surface area contributed by atoms with Crippen molar-refractivity contribution in [1.82, 2.24) is 19.7 Å². The molecule has 0 saturated carbocycles. The molecule has 1 aliphatic heterocycles. The van der Waals surface area contributed by atoms with Crippen molar-refractivity contribution in [3.05, 3.63) is 93.7 Å². The van der Waals surface area contributed by atoms with Crippen LogP contribution in [0.1, 0.15) is 37.9 Å². The van der Waals surface area contributed by atoms with Crippen molar-refractivity contribution in [2.45, 2.75) is 33.4 Å². The van der Waals surface area contributed by atoms with Gasteiger partial charge in [-0.1, -0.05) is 48.5 Å². The van der Waals surface area contributed by atoms with Crippen LogP contribution in [0, 0.1) is 13.8 Å². The summed E-state index contributed by atoms with van der Waals surface area (Å²) in [6.07, 6.45) is 0.901. The van der Waals surface area contributed by atoms with Crippen LogP contribution in [0.2, 0.25) is 0 Å². The largest absolute Gasteiger partial charge is 0.298 e. The molecule has 5 rings (SSSR count). The van der Waals surface area contributed by atoms with E-state index in [9.17, 15) is 4.79 Å². The molecule has 1 N–H and O–H groups in total. The number of amides is 1. The number of thiazole rings is 1. The predicted molar refractivity (Wildman–Crippen MR) is 127 cm³/mol. The molecule has 1 amide bonds. The number of fused-ring (bicyclic) bond motifs is 1. The fourth-order valence-electron chi connectivity index (χ4n) is 4.23. The Balaban J connectivity index is 1.31. The van der Waals surface area contributed by atoms with Gasteiger partial charge in [-0.25, -0.2) is 9.67 Å². The van der Waals surface area contributed by atoms with E-state index in [2.05, 4.69) is 39.6 Å². The van der Waals surface area contributed by atoms with Crippen molar-refractivity contribution in [3.8, 4) is 5.69 Å². The molecule has 0 aliphatic carbocycles. The third kappa shape index (κ3) is 4.09. The van der Waals surface area contributed by atoms with E-state index in [1.54, 1.807) is 11.3 Å². The molecule has 1 aliphatic rings. The van der Waals surface area contributed by atoms with Gasteiger partial charge in [0.05, 0.1) is 28.3 Å². The van der Waals surface area contributed by atoms with Crippen LogP contribution in [-0.4, -0.2) is 32.1 Å². The average molecular weight is 444 g/mol. The molecule has 0 radical (unpaired) electrons. The van der Waals surface area contributed by atoms with Gasteiger partial charge in [0.25, 0.3) is 5.91 Å². The Morgan fingerprint density at radius 2 is 1.78 bits per heavy atom. The van der Waals surface area contributed by atoms with Crippen molar-refractivity contribution in [2.75, 3.05) is 11.9 Å². The van der Waals surface area contributed by atoms with Crippen LogP contribution in [0.15, 0.2) is 60.7 Å². The van der Waals surface area contributed by atoms with E-state index in [0.29, 0.717) is 16.4 Å². The smallest absolute Gasteiger partial charge is 0.261 e. The molecular formula is C25H25N5OS. The van der Waals surface area contributed by atoms with Gasteiger partial charge in [-0.3, -0.25) is 15.0 Å². The van der Waals surface area contributed by atoms with Gasteiger partial charge < -0.3 is 0 Å². The maximum atomic E-state index is 13.1. The number of aromatic nitrogens is 3. The van der Waals surface area contributed by atoms with Crippen molar-refractivity contribution in [1.29, 1.82) is 0 Å². The summed E-state index contributed by atoms with van der Waals surface area (Å²) in [7, 11) is 0. The lowest BCUT2D eigenvalue weighted by atomic mass is 10.1. The molecule has 0 unspecified atom stereocenters. The Morgan fingerprint density at radius 3 is 2.53 bits per heavy atom. The molecule has 2 aromatic heterocycles. The van der Waals surface area contributed by atoms with Crippen LogP contribution >= 0.6 is 11.3 Å². The molecule has 6 nitrogen and oxygen atoms in total. The lowest BCUT2D eigenvalue weighted by Crippen LogP contribution is -2.29. The van der Waals surface area contributed by atoms with Crippen molar-refractivity contribution in [3.63, 3.8) is 0 Å². The molecule has 162 valence electrons. The Labute approximate surface area is 191 Å². The van der Waals surface area contributed by atoms with E-state index < -0.39 is 0 Å². The number of benzene rings is 2. The minimum absolute atomic E-state index is 0.158. The second-order valence-electron chi connectivity index (χ2n) is 8.08. The van der Waals surface area contributed by atoms with Crippen LogP contribution in [0.3, 0.4) is 0 Å². The Kier molecular flexibility index (Phi) is 5.59. The summed E-state index contributed by atoms with van der Waals surface area (Å²) >= 11 is 1.58. The zero-order valence-corrected chi connectivity index (χ0v) is 19.0.